The number of rotatable bonds is 4. The fraction of sp³-hybridized carbons (Fsp3) is 0.400. The van der Waals surface area contributed by atoms with Crippen molar-refractivity contribution >= 4 is 17.0 Å². The molecule has 0 unspecified atom stereocenters. The Bertz CT molecular complexity index is 752. The van der Waals surface area contributed by atoms with Crippen LogP contribution < -0.4 is 5.56 Å². The van der Waals surface area contributed by atoms with E-state index in [1.54, 1.807) is 11.3 Å². The predicted molar refractivity (Wildman–Crippen MR) is 85.1 cm³/mol. The summed E-state index contributed by atoms with van der Waals surface area (Å²) in [6.45, 7) is 3.37. The highest BCUT2D eigenvalue weighted by Crippen LogP contribution is 2.35. The van der Waals surface area contributed by atoms with Gasteiger partial charge < -0.3 is 0 Å². The number of nitrogens with zero attached hydrogens (tertiary/aromatic N) is 3. The molecule has 0 fully saturated rings. The topological polar surface area (TPSA) is 68.4 Å². The minimum atomic E-state index is -0.472. The van der Waals surface area contributed by atoms with E-state index in [-0.39, 0.29) is 17.3 Å². The van der Waals surface area contributed by atoms with Gasteiger partial charge in [-0.05, 0) is 29.9 Å². The van der Waals surface area contributed by atoms with Crippen LogP contribution in [0.25, 0.3) is 0 Å². The molecule has 0 N–H and O–H groups in total. The number of hydrogen-bond donors (Lipinski definition) is 0. The van der Waals surface area contributed by atoms with E-state index in [2.05, 4.69) is 23.3 Å². The Balaban J connectivity index is 1.89. The van der Waals surface area contributed by atoms with Gasteiger partial charge in [-0.3, -0.25) is 24.4 Å². The molecule has 1 aliphatic rings. The number of thiophene rings is 1. The second-order valence-electron chi connectivity index (χ2n) is 5.38. The largest absolute Gasteiger partial charge is 0.295 e. The summed E-state index contributed by atoms with van der Waals surface area (Å²) in [5.74, 6) is 0. The van der Waals surface area contributed by atoms with Gasteiger partial charge in [0.2, 0.25) is 0 Å². The molecule has 0 amide bonds. The van der Waals surface area contributed by atoms with Gasteiger partial charge in [0.1, 0.15) is 0 Å². The molecule has 2 aromatic heterocycles. The van der Waals surface area contributed by atoms with Gasteiger partial charge in [-0.25, -0.2) is 0 Å². The summed E-state index contributed by atoms with van der Waals surface area (Å²) in [4.78, 5) is 26.0. The van der Waals surface area contributed by atoms with Gasteiger partial charge in [-0.2, -0.15) is 0 Å². The van der Waals surface area contributed by atoms with Crippen molar-refractivity contribution in [2.45, 2.75) is 32.5 Å². The SMILES string of the molecule is CC[C@H]1c2ccsc2CCN1Cn1cc([N+](=O)[O-])ccc1=O. The molecule has 2 aromatic rings. The number of nitro groups is 1. The van der Waals surface area contributed by atoms with Crippen molar-refractivity contribution in [2.24, 2.45) is 0 Å². The highest BCUT2D eigenvalue weighted by Gasteiger charge is 2.27. The molecule has 22 heavy (non-hydrogen) atoms. The first kappa shape index (κ1) is 14.9. The summed E-state index contributed by atoms with van der Waals surface area (Å²) < 4.78 is 1.43. The molecule has 6 nitrogen and oxygen atoms in total. The Morgan fingerprint density at radius 3 is 2.95 bits per heavy atom. The first-order valence-electron chi connectivity index (χ1n) is 7.25. The van der Waals surface area contributed by atoms with Gasteiger partial charge in [-0.15, -0.1) is 11.3 Å². The van der Waals surface area contributed by atoms with Gasteiger partial charge >= 0.3 is 0 Å². The van der Waals surface area contributed by atoms with Gasteiger partial charge in [0, 0.05) is 29.6 Å². The minimum Gasteiger partial charge on any atom is -0.295 e. The summed E-state index contributed by atoms with van der Waals surface area (Å²) >= 11 is 1.78. The molecule has 0 saturated heterocycles. The number of fused-ring (bicyclic) bond motifs is 1. The van der Waals surface area contributed by atoms with Crippen molar-refractivity contribution in [1.29, 1.82) is 0 Å². The van der Waals surface area contributed by atoms with Crippen LogP contribution in [-0.2, 0) is 13.1 Å². The molecule has 3 heterocycles. The van der Waals surface area contributed by atoms with E-state index in [0.717, 1.165) is 19.4 Å². The normalized spacial score (nSPS) is 18.1. The lowest BCUT2D eigenvalue weighted by atomic mass is 9.98. The lowest BCUT2D eigenvalue weighted by Gasteiger charge is -2.35. The third-order valence-corrected chi connectivity index (χ3v) is 5.10. The Labute approximate surface area is 131 Å². The van der Waals surface area contributed by atoms with Gasteiger partial charge in [0.15, 0.2) is 0 Å². The summed E-state index contributed by atoms with van der Waals surface area (Å²) in [6.07, 6.45) is 3.25. The fourth-order valence-electron chi connectivity index (χ4n) is 3.03. The maximum absolute atomic E-state index is 12.0. The average Bonchev–Trinajstić information content (AvgIpc) is 2.97. The van der Waals surface area contributed by atoms with Crippen LogP contribution in [0.3, 0.4) is 0 Å². The number of pyridine rings is 1. The van der Waals surface area contributed by atoms with Crippen LogP contribution in [0.15, 0.2) is 34.6 Å². The molecule has 1 atom stereocenters. The molecule has 0 spiro atoms. The maximum Gasteiger partial charge on any atom is 0.285 e. The summed E-state index contributed by atoms with van der Waals surface area (Å²) in [5.41, 5.74) is 1.06. The zero-order valence-corrected chi connectivity index (χ0v) is 13.1. The molecule has 0 bridgehead atoms. The molecule has 116 valence electrons. The van der Waals surface area contributed by atoms with Crippen molar-refractivity contribution in [3.63, 3.8) is 0 Å². The number of aromatic nitrogens is 1. The van der Waals surface area contributed by atoms with E-state index in [9.17, 15) is 14.9 Å². The molecular formula is C15H17N3O3S. The van der Waals surface area contributed by atoms with Crippen LogP contribution in [0.2, 0.25) is 0 Å². The highest BCUT2D eigenvalue weighted by atomic mass is 32.1. The fourth-order valence-corrected chi connectivity index (χ4v) is 3.96. The molecule has 0 aliphatic carbocycles. The highest BCUT2D eigenvalue weighted by molar-refractivity contribution is 7.10. The molecule has 0 radical (unpaired) electrons. The summed E-state index contributed by atoms with van der Waals surface area (Å²) in [5, 5.41) is 13.0. The molecular weight excluding hydrogens is 302 g/mol. The van der Waals surface area contributed by atoms with E-state index in [4.69, 9.17) is 0 Å². The van der Waals surface area contributed by atoms with Gasteiger partial charge in [-0.1, -0.05) is 6.92 Å². The quantitative estimate of drug-likeness (QED) is 0.642. The standard InChI is InChI=1S/C15H17N3O3S/c1-2-13-12-6-8-22-14(12)5-7-16(13)10-17-9-11(18(20)21)3-4-15(17)19/h3-4,6,8-9,13H,2,5,7,10H2,1H3/t13-/m0/s1. The Morgan fingerprint density at radius 1 is 1.41 bits per heavy atom. The second kappa shape index (κ2) is 6.02. The van der Waals surface area contributed by atoms with Crippen LogP contribution in [0, 0.1) is 10.1 Å². The molecule has 0 aromatic carbocycles. The van der Waals surface area contributed by atoms with Crippen molar-refractivity contribution in [3.8, 4) is 0 Å². The first-order chi connectivity index (χ1) is 10.6. The van der Waals surface area contributed by atoms with E-state index < -0.39 is 4.92 Å². The lowest BCUT2D eigenvalue weighted by Crippen LogP contribution is -2.38. The Kier molecular flexibility index (Phi) is 4.08. The van der Waals surface area contributed by atoms with Crippen LogP contribution in [0.4, 0.5) is 5.69 Å². The van der Waals surface area contributed by atoms with Crippen molar-refractivity contribution in [1.82, 2.24) is 9.47 Å². The average molecular weight is 319 g/mol. The van der Waals surface area contributed by atoms with Crippen LogP contribution in [-0.4, -0.2) is 20.9 Å². The van der Waals surface area contributed by atoms with Crippen molar-refractivity contribution in [3.05, 3.63) is 60.7 Å². The van der Waals surface area contributed by atoms with Crippen LogP contribution >= 0.6 is 11.3 Å². The van der Waals surface area contributed by atoms with E-state index in [0.29, 0.717) is 6.67 Å². The van der Waals surface area contributed by atoms with Crippen molar-refractivity contribution in [2.75, 3.05) is 6.54 Å². The Morgan fingerprint density at radius 2 is 2.23 bits per heavy atom. The van der Waals surface area contributed by atoms with Crippen LogP contribution in [0.5, 0.6) is 0 Å². The number of hydrogen-bond acceptors (Lipinski definition) is 5. The van der Waals surface area contributed by atoms with Crippen molar-refractivity contribution < 1.29 is 4.92 Å². The third-order valence-electron chi connectivity index (χ3n) is 4.11. The van der Waals surface area contributed by atoms with E-state index in [1.165, 1.54) is 33.3 Å². The summed E-state index contributed by atoms with van der Waals surface area (Å²) in [7, 11) is 0. The van der Waals surface area contributed by atoms with Gasteiger partial charge in [0.05, 0.1) is 17.8 Å². The smallest absolute Gasteiger partial charge is 0.285 e. The summed E-state index contributed by atoms with van der Waals surface area (Å²) in [6, 6.07) is 4.93. The van der Waals surface area contributed by atoms with Crippen LogP contribution in [0.1, 0.15) is 29.8 Å². The third kappa shape index (κ3) is 2.69. The zero-order chi connectivity index (χ0) is 15.7. The molecule has 0 saturated carbocycles. The molecule has 1 aliphatic heterocycles. The predicted octanol–water partition coefficient (Wildman–Crippen LogP) is 2.78. The lowest BCUT2D eigenvalue weighted by molar-refractivity contribution is -0.385. The molecule has 7 heteroatoms. The van der Waals surface area contributed by atoms with Gasteiger partial charge in [0.25, 0.3) is 11.2 Å². The Hall–Kier alpha value is -1.99. The maximum atomic E-state index is 12.0. The monoisotopic (exact) mass is 319 g/mol. The second-order valence-corrected chi connectivity index (χ2v) is 6.38. The first-order valence-corrected chi connectivity index (χ1v) is 8.13. The van der Waals surface area contributed by atoms with E-state index >= 15 is 0 Å². The zero-order valence-electron chi connectivity index (χ0n) is 12.3. The molecule has 3 rings (SSSR count). The van der Waals surface area contributed by atoms with E-state index in [1.807, 2.05) is 0 Å². The minimum absolute atomic E-state index is 0.0547.